The first-order valence-electron chi connectivity index (χ1n) is 5.60. The van der Waals surface area contributed by atoms with Crippen molar-refractivity contribution in [3.05, 3.63) is 29.3 Å². The van der Waals surface area contributed by atoms with E-state index < -0.39 is 0 Å². The molecule has 92 valence electrons. The average Bonchev–Trinajstić information content (AvgIpc) is 2.72. The van der Waals surface area contributed by atoms with Crippen molar-refractivity contribution >= 4 is 5.97 Å². The van der Waals surface area contributed by atoms with Gasteiger partial charge in [0.15, 0.2) is 0 Å². The molecule has 0 N–H and O–H groups in total. The van der Waals surface area contributed by atoms with E-state index in [9.17, 15) is 4.79 Å². The van der Waals surface area contributed by atoms with Gasteiger partial charge in [0.1, 0.15) is 18.5 Å². The quantitative estimate of drug-likeness (QED) is 0.749. The molecule has 0 saturated heterocycles. The normalized spacial score (nSPS) is 17.6. The highest BCUT2D eigenvalue weighted by Gasteiger charge is 2.26. The van der Waals surface area contributed by atoms with Crippen molar-refractivity contribution in [1.29, 1.82) is 0 Å². The lowest BCUT2D eigenvalue weighted by Gasteiger charge is -2.13. The summed E-state index contributed by atoms with van der Waals surface area (Å²) in [6, 6.07) is 5.89. The number of aryl methyl sites for hydroxylation is 1. The molecule has 1 aliphatic rings. The van der Waals surface area contributed by atoms with Crippen LogP contribution >= 0.6 is 0 Å². The molecule has 0 heterocycles. The first-order valence-corrected chi connectivity index (χ1v) is 5.60. The second-order valence-corrected chi connectivity index (χ2v) is 4.01. The standard InChI is InChI=1S/C13H16O4/c1-15-8-13(14)17-12-6-4-9-3-5-10(16-2)7-11(9)12/h3,5,7,12H,4,6,8H2,1-2H3. The minimum atomic E-state index is -0.326. The molecule has 1 aromatic rings. The van der Waals surface area contributed by atoms with Crippen LogP contribution in [0.25, 0.3) is 0 Å². The Labute approximate surface area is 100 Å². The molecule has 4 nitrogen and oxygen atoms in total. The number of fused-ring (bicyclic) bond motifs is 1. The van der Waals surface area contributed by atoms with Crippen molar-refractivity contribution in [2.45, 2.75) is 18.9 Å². The van der Waals surface area contributed by atoms with E-state index in [1.165, 1.54) is 12.7 Å². The summed E-state index contributed by atoms with van der Waals surface area (Å²) < 4.78 is 15.3. The van der Waals surface area contributed by atoms with Gasteiger partial charge in [0.2, 0.25) is 0 Å². The maximum atomic E-state index is 11.4. The van der Waals surface area contributed by atoms with Crippen molar-refractivity contribution in [2.24, 2.45) is 0 Å². The fourth-order valence-corrected chi connectivity index (χ4v) is 2.10. The molecule has 1 atom stereocenters. The predicted octanol–water partition coefficient (Wildman–Crippen LogP) is 1.87. The van der Waals surface area contributed by atoms with Crippen molar-refractivity contribution in [3.8, 4) is 5.75 Å². The molecule has 17 heavy (non-hydrogen) atoms. The number of hydrogen-bond donors (Lipinski definition) is 0. The van der Waals surface area contributed by atoms with Gasteiger partial charge in [0.25, 0.3) is 0 Å². The van der Waals surface area contributed by atoms with Crippen molar-refractivity contribution in [1.82, 2.24) is 0 Å². The number of rotatable bonds is 4. The number of carbonyl (C=O) groups is 1. The summed E-state index contributed by atoms with van der Waals surface area (Å²) in [5, 5.41) is 0. The lowest BCUT2D eigenvalue weighted by atomic mass is 10.1. The first-order chi connectivity index (χ1) is 8.24. The maximum absolute atomic E-state index is 11.4. The zero-order valence-electron chi connectivity index (χ0n) is 10.1. The van der Waals surface area contributed by atoms with Gasteiger partial charge in [0, 0.05) is 7.11 Å². The third kappa shape index (κ3) is 2.58. The van der Waals surface area contributed by atoms with Crippen molar-refractivity contribution in [2.75, 3.05) is 20.8 Å². The maximum Gasteiger partial charge on any atom is 0.332 e. The van der Waals surface area contributed by atoms with E-state index in [0.717, 1.165) is 24.2 Å². The van der Waals surface area contributed by atoms with Crippen LogP contribution in [-0.4, -0.2) is 26.8 Å². The third-order valence-corrected chi connectivity index (χ3v) is 2.91. The van der Waals surface area contributed by atoms with Gasteiger partial charge in [-0.25, -0.2) is 4.79 Å². The lowest BCUT2D eigenvalue weighted by molar-refractivity contribution is -0.153. The fourth-order valence-electron chi connectivity index (χ4n) is 2.10. The van der Waals surface area contributed by atoms with Crippen LogP contribution in [0.5, 0.6) is 5.75 Å². The molecule has 0 radical (unpaired) electrons. The van der Waals surface area contributed by atoms with E-state index in [1.54, 1.807) is 7.11 Å². The van der Waals surface area contributed by atoms with Crippen LogP contribution < -0.4 is 4.74 Å². The van der Waals surface area contributed by atoms with Crippen LogP contribution in [0.15, 0.2) is 18.2 Å². The van der Waals surface area contributed by atoms with Crippen LogP contribution in [0.4, 0.5) is 0 Å². The second-order valence-electron chi connectivity index (χ2n) is 4.01. The van der Waals surface area contributed by atoms with Crippen LogP contribution in [0.1, 0.15) is 23.7 Å². The van der Waals surface area contributed by atoms with Crippen LogP contribution in [0.2, 0.25) is 0 Å². The lowest BCUT2D eigenvalue weighted by Crippen LogP contribution is -2.14. The van der Waals surface area contributed by atoms with E-state index in [1.807, 2.05) is 18.2 Å². The van der Waals surface area contributed by atoms with Gasteiger partial charge < -0.3 is 14.2 Å². The van der Waals surface area contributed by atoms with E-state index in [4.69, 9.17) is 14.2 Å². The smallest absolute Gasteiger partial charge is 0.332 e. The highest BCUT2D eigenvalue weighted by Crippen LogP contribution is 2.36. The summed E-state index contributed by atoms with van der Waals surface area (Å²) in [5.74, 6) is 0.464. The zero-order chi connectivity index (χ0) is 12.3. The number of methoxy groups -OCH3 is 2. The molecule has 1 aliphatic carbocycles. The molecule has 4 heteroatoms. The topological polar surface area (TPSA) is 44.8 Å². The minimum absolute atomic E-state index is 0.00416. The molecular weight excluding hydrogens is 220 g/mol. The fraction of sp³-hybridized carbons (Fsp3) is 0.462. The molecular formula is C13H16O4. The van der Waals surface area contributed by atoms with E-state index in [2.05, 4.69) is 0 Å². The molecule has 1 aromatic carbocycles. The summed E-state index contributed by atoms with van der Waals surface area (Å²) in [7, 11) is 3.11. The number of ether oxygens (including phenoxy) is 3. The van der Waals surface area contributed by atoms with E-state index in [-0.39, 0.29) is 18.7 Å². The van der Waals surface area contributed by atoms with Crippen molar-refractivity contribution in [3.63, 3.8) is 0 Å². The Kier molecular flexibility index (Phi) is 3.64. The van der Waals surface area contributed by atoms with Crippen molar-refractivity contribution < 1.29 is 19.0 Å². The molecule has 0 saturated carbocycles. The molecule has 0 amide bonds. The summed E-state index contributed by atoms with van der Waals surface area (Å²) in [5.41, 5.74) is 2.27. The third-order valence-electron chi connectivity index (χ3n) is 2.91. The predicted molar refractivity (Wildman–Crippen MR) is 62.0 cm³/mol. The SMILES string of the molecule is COCC(=O)OC1CCc2ccc(OC)cc21. The monoisotopic (exact) mass is 236 g/mol. The number of esters is 1. The molecule has 0 fully saturated rings. The number of hydrogen-bond acceptors (Lipinski definition) is 4. The van der Waals surface area contributed by atoms with Gasteiger partial charge in [-0.05, 0) is 36.1 Å². The highest BCUT2D eigenvalue weighted by molar-refractivity contribution is 5.71. The summed E-state index contributed by atoms with van der Waals surface area (Å²) in [6.45, 7) is -0.00416. The van der Waals surface area contributed by atoms with Gasteiger partial charge in [-0.3, -0.25) is 0 Å². The Bertz CT molecular complexity index is 414. The Morgan fingerprint density at radius 1 is 1.41 bits per heavy atom. The van der Waals surface area contributed by atoms with Gasteiger partial charge in [-0.2, -0.15) is 0 Å². The molecule has 2 rings (SSSR count). The van der Waals surface area contributed by atoms with Gasteiger partial charge in [0.05, 0.1) is 7.11 Å². The molecule has 0 spiro atoms. The van der Waals surface area contributed by atoms with Crippen LogP contribution in [0, 0.1) is 0 Å². The van der Waals surface area contributed by atoms with Gasteiger partial charge >= 0.3 is 5.97 Å². The second kappa shape index (κ2) is 5.19. The molecule has 1 unspecified atom stereocenters. The van der Waals surface area contributed by atoms with Crippen LogP contribution in [0.3, 0.4) is 0 Å². The Balaban J connectivity index is 2.12. The molecule has 0 bridgehead atoms. The van der Waals surface area contributed by atoms with Crippen LogP contribution in [-0.2, 0) is 20.7 Å². The first kappa shape index (κ1) is 11.9. The molecule has 0 aromatic heterocycles. The Morgan fingerprint density at radius 3 is 2.94 bits per heavy atom. The highest BCUT2D eigenvalue weighted by atomic mass is 16.6. The summed E-state index contributed by atoms with van der Waals surface area (Å²) >= 11 is 0. The largest absolute Gasteiger partial charge is 0.497 e. The number of benzene rings is 1. The average molecular weight is 236 g/mol. The Morgan fingerprint density at radius 2 is 2.24 bits per heavy atom. The van der Waals surface area contributed by atoms with E-state index in [0.29, 0.717) is 0 Å². The summed E-state index contributed by atoms with van der Waals surface area (Å²) in [6.07, 6.45) is 1.60. The van der Waals surface area contributed by atoms with E-state index >= 15 is 0 Å². The Hall–Kier alpha value is -1.55. The molecule has 0 aliphatic heterocycles. The van der Waals surface area contributed by atoms with Gasteiger partial charge in [-0.15, -0.1) is 0 Å². The summed E-state index contributed by atoms with van der Waals surface area (Å²) in [4.78, 5) is 11.4. The zero-order valence-corrected chi connectivity index (χ0v) is 10.1. The van der Waals surface area contributed by atoms with Gasteiger partial charge in [-0.1, -0.05) is 6.07 Å². The minimum Gasteiger partial charge on any atom is -0.497 e. The number of carbonyl (C=O) groups excluding carboxylic acids is 1.